The first-order valence-corrected chi connectivity index (χ1v) is 10.0. The second-order valence-corrected chi connectivity index (χ2v) is 6.99. The Morgan fingerprint density at radius 1 is 0.652 bits per heavy atom. The molecule has 0 aromatic rings. The summed E-state index contributed by atoms with van der Waals surface area (Å²) in [6.45, 7) is 6.48. The minimum atomic E-state index is -0.665. The lowest BCUT2D eigenvalue weighted by molar-refractivity contribution is -0.137. The van der Waals surface area contributed by atoms with E-state index in [2.05, 4.69) is 13.5 Å². The van der Waals surface area contributed by atoms with Gasteiger partial charge in [0.1, 0.15) is 0 Å². The molecule has 0 aromatic carbocycles. The van der Waals surface area contributed by atoms with Crippen molar-refractivity contribution < 1.29 is 9.90 Å². The second kappa shape index (κ2) is 17.6. The minimum absolute atomic E-state index is 0.329. The number of carboxylic acids is 1. The Balaban J connectivity index is 3.17. The highest BCUT2D eigenvalue weighted by Gasteiger charge is 1.99. The van der Waals surface area contributed by atoms with E-state index in [1.807, 2.05) is 0 Å². The number of carboxylic acid groups (broad SMARTS) is 1. The lowest BCUT2D eigenvalue weighted by Gasteiger charge is -2.06. The van der Waals surface area contributed by atoms with E-state index >= 15 is 0 Å². The Kier molecular flexibility index (Phi) is 17.0. The Bertz CT molecular complexity index is 284. The van der Waals surface area contributed by atoms with Gasteiger partial charge in [-0.25, -0.2) is 0 Å². The fraction of sp³-hybridized carbons (Fsp3) is 0.857. The van der Waals surface area contributed by atoms with Crippen molar-refractivity contribution in [3.63, 3.8) is 0 Å². The van der Waals surface area contributed by atoms with Crippen LogP contribution >= 0.6 is 0 Å². The molecule has 0 fully saturated rings. The average molecular weight is 325 g/mol. The molecule has 0 amide bonds. The zero-order valence-corrected chi connectivity index (χ0v) is 15.6. The molecule has 0 saturated carbocycles. The Morgan fingerprint density at radius 3 is 1.39 bits per heavy atom. The fourth-order valence-electron chi connectivity index (χ4n) is 2.99. The van der Waals surface area contributed by atoms with Crippen molar-refractivity contribution >= 4 is 5.97 Å². The van der Waals surface area contributed by atoms with Crippen LogP contribution in [0.4, 0.5) is 0 Å². The average Bonchev–Trinajstić information content (AvgIpc) is 2.52. The zero-order chi connectivity index (χ0) is 17.2. The summed E-state index contributed by atoms with van der Waals surface area (Å²) in [5.74, 6) is -0.665. The largest absolute Gasteiger partial charge is 0.481 e. The lowest BCUT2D eigenvalue weighted by atomic mass is 10.0. The maximum absolute atomic E-state index is 10.4. The third-order valence-corrected chi connectivity index (χ3v) is 4.55. The normalized spacial score (nSPS) is 10.8. The van der Waals surface area contributed by atoms with Crippen molar-refractivity contribution in [3.05, 3.63) is 12.2 Å². The molecular formula is C21H40O2. The smallest absolute Gasteiger partial charge is 0.303 e. The van der Waals surface area contributed by atoms with E-state index in [1.165, 1.54) is 95.5 Å². The number of allylic oxidation sites excluding steroid dienone is 1. The van der Waals surface area contributed by atoms with Crippen molar-refractivity contribution in [2.75, 3.05) is 0 Å². The van der Waals surface area contributed by atoms with Gasteiger partial charge < -0.3 is 5.11 Å². The van der Waals surface area contributed by atoms with Gasteiger partial charge >= 0.3 is 5.97 Å². The standard InChI is InChI=1S/C21H40O2/c1-3-4-5-6-7-8-11-14-17-20(2)18-15-12-9-10-13-16-19-21(22)23/h2-19H2,1H3,(H,22,23). The van der Waals surface area contributed by atoms with Gasteiger partial charge in [-0.2, -0.15) is 0 Å². The van der Waals surface area contributed by atoms with Gasteiger partial charge in [0.25, 0.3) is 0 Å². The van der Waals surface area contributed by atoms with E-state index in [0.29, 0.717) is 6.42 Å². The molecule has 2 nitrogen and oxygen atoms in total. The molecule has 0 rings (SSSR count). The van der Waals surface area contributed by atoms with Gasteiger partial charge in [-0.3, -0.25) is 4.79 Å². The predicted molar refractivity (Wildman–Crippen MR) is 101 cm³/mol. The van der Waals surface area contributed by atoms with Crippen LogP contribution in [0.5, 0.6) is 0 Å². The van der Waals surface area contributed by atoms with E-state index in [4.69, 9.17) is 5.11 Å². The summed E-state index contributed by atoms with van der Waals surface area (Å²) >= 11 is 0. The molecule has 0 aliphatic rings. The SMILES string of the molecule is C=C(CCCCCCCCCC)CCCCCCCCC(=O)O. The number of hydrogen-bond acceptors (Lipinski definition) is 1. The van der Waals surface area contributed by atoms with Gasteiger partial charge in [0, 0.05) is 6.42 Å². The van der Waals surface area contributed by atoms with Gasteiger partial charge in [-0.1, -0.05) is 89.7 Å². The number of aliphatic carboxylic acids is 1. The lowest BCUT2D eigenvalue weighted by Crippen LogP contribution is -1.93. The molecule has 0 spiro atoms. The van der Waals surface area contributed by atoms with E-state index in [0.717, 1.165) is 12.8 Å². The molecule has 2 heteroatoms. The van der Waals surface area contributed by atoms with Crippen molar-refractivity contribution in [1.29, 1.82) is 0 Å². The first-order chi connectivity index (χ1) is 11.2. The third-order valence-electron chi connectivity index (χ3n) is 4.55. The van der Waals surface area contributed by atoms with Crippen molar-refractivity contribution in [3.8, 4) is 0 Å². The Morgan fingerprint density at radius 2 is 1.00 bits per heavy atom. The summed E-state index contributed by atoms with van der Waals surface area (Å²) in [5, 5.41) is 8.56. The quantitative estimate of drug-likeness (QED) is 0.212. The van der Waals surface area contributed by atoms with Gasteiger partial charge in [-0.05, 0) is 32.1 Å². The summed E-state index contributed by atoms with van der Waals surface area (Å²) in [4.78, 5) is 10.4. The molecule has 0 unspecified atom stereocenters. The van der Waals surface area contributed by atoms with Gasteiger partial charge in [0.05, 0.1) is 0 Å². The van der Waals surface area contributed by atoms with Crippen LogP contribution in [0.15, 0.2) is 12.2 Å². The van der Waals surface area contributed by atoms with Crippen LogP contribution < -0.4 is 0 Å². The summed E-state index contributed by atoms with van der Waals surface area (Å²) in [6.07, 6.45) is 20.6. The monoisotopic (exact) mass is 324 g/mol. The van der Waals surface area contributed by atoms with Crippen molar-refractivity contribution in [2.24, 2.45) is 0 Å². The molecule has 0 atom stereocenters. The minimum Gasteiger partial charge on any atom is -0.481 e. The van der Waals surface area contributed by atoms with Gasteiger partial charge in [0.2, 0.25) is 0 Å². The van der Waals surface area contributed by atoms with Crippen LogP contribution in [0.2, 0.25) is 0 Å². The van der Waals surface area contributed by atoms with E-state index < -0.39 is 5.97 Å². The third kappa shape index (κ3) is 19.2. The summed E-state index contributed by atoms with van der Waals surface area (Å²) in [7, 11) is 0. The van der Waals surface area contributed by atoms with Crippen molar-refractivity contribution in [2.45, 2.75) is 116 Å². The number of carbonyl (C=O) groups is 1. The molecular weight excluding hydrogens is 284 g/mol. The highest BCUT2D eigenvalue weighted by molar-refractivity contribution is 5.66. The zero-order valence-electron chi connectivity index (χ0n) is 15.6. The second-order valence-electron chi connectivity index (χ2n) is 6.99. The van der Waals surface area contributed by atoms with Crippen LogP contribution in [0.25, 0.3) is 0 Å². The predicted octanol–water partition coefficient (Wildman–Crippen LogP) is 7.28. The molecule has 0 bridgehead atoms. The number of hydrogen-bond donors (Lipinski definition) is 1. The molecule has 1 N–H and O–H groups in total. The summed E-state index contributed by atoms with van der Waals surface area (Å²) in [5.41, 5.74) is 1.43. The maximum Gasteiger partial charge on any atom is 0.303 e. The summed E-state index contributed by atoms with van der Waals surface area (Å²) in [6, 6.07) is 0. The van der Waals surface area contributed by atoms with Crippen LogP contribution in [0.3, 0.4) is 0 Å². The number of unbranched alkanes of at least 4 members (excludes halogenated alkanes) is 12. The van der Waals surface area contributed by atoms with Crippen LogP contribution in [0, 0.1) is 0 Å². The Hall–Kier alpha value is -0.790. The number of rotatable bonds is 18. The molecule has 0 radical (unpaired) electrons. The van der Waals surface area contributed by atoms with Crippen molar-refractivity contribution in [1.82, 2.24) is 0 Å². The molecule has 23 heavy (non-hydrogen) atoms. The Labute approximate surface area is 144 Å². The van der Waals surface area contributed by atoms with Crippen LogP contribution in [-0.2, 0) is 4.79 Å². The molecule has 0 aliphatic heterocycles. The van der Waals surface area contributed by atoms with Crippen LogP contribution in [0.1, 0.15) is 116 Å². The molecule has 136 valence electrons. The summed E-state index contributed by atoms with van der Waals surface area (Å²) < 4.78 is 0. The first-order valence-electron chi connectivity index (χ1n) is 10.0. The fourth-order valence-corrected chi connectivity index (χ4v) is 2.99. The molecule has 0 saturated heterocycles. The molecule has 0 aromatic heterocycles. The van der Waals surface area contributed by atoms with E-state index in [1.54, 1.807) is 0 Å². The highest BCUT2D eigenvalue weighted by atomic mass is 16.4. The topological polar surface area (TPSA) is 37.3 Å². The van der Waals surface area contributed by atoms with E-state index in [-0.39, 0.29) is 0 Å². The van der Waals surface area contributed by atoms with Gasteiger partial charge in [-0.15, -0.1) is 0 Å². The highest BCUT2D eigenvalue weighted by Crippen LogP contribution is 2.17. The molecule has 0 aliphatic carbocycles. The van der Waals surface area contributed by atoms with E-state index in [9.17, 15) is 4.79 Å². The van der Waals surface area contributed by atoms with Gasteiger partial charge in [0.15, 0.2) is 0 Å². The first kappa shape index (κ1) is 22.2. The molecule has 0 heterocycles. The maximum atomic E-state index is 10.4. The van der Waals surface area contributed by atoms with Crippen LogP contribution in [-0.4, -0.2) is 11.1 Å².